The van der Waals surface area contributed by atoms with Crippen molar-refractivity contribution in [3.63, 3.8) is 0 Å². The number of para-hydroxylation sites is 2. The molecular weight excluding hydrogens is 460 g/mol. The molecule has 0 aliphatic carbocycles. The predicted molar refractivity (Wildman–Crippen MR) is 149 cm³/mol. The summed E-state index contributed by atoms with van der Waals surface area (Å²) in [5.74, 6) is 0.467. The van der Waals surface area contributed by atoms with E-state index >= 15 is 0 Å². The fraction of sp³-hybridized carbons (Fsp3) is 0.0625. The van der Waals surface area contributed by atoms with Gasteiger partial charge in [0.15, 0.2) is 0 Å². The molecule has 6 aromatic rings. The zero-order chi connectivity index (χ0) is 24.5. The highest BCUT2D eigenvalue weighted by Gasteiger charge is 2.17. The van der Waals surface area contributed by atoms with Gasteiger partial charge in [0.1, 0.15) is 10.8 Å². The van der Waals surface area contributed by atoms with Crippen molar-refractivity contribution in [2.45, 2.75) is 12.8 Å². The number of fused-ring (bicyclic) bond motifs is 1. The summed E-state index contributed by atoms with van der Waals surface area (Å²) in [7, 11) is 0. The Morgan fingerprint density at radius 2 is 1.44 bits per heavy atom. The average molecular weight is 485 g/mol. The molecule has 0 saturated heterocycles. The maximum atomic E-state index is 10.4. The minimum absolute atomic E-state index is 0.222. The number of hydrogen-bond donors (Lipinski definition) is 1. The van der Waals surface area contributed by atoms with Crippen molar-refractivity contribution in [2.24, 2.45) is 0 Å². The second-order valence-electron chi connectivity index (χ2n) is 8.88. The largest absolute Gasteiger partial charge is 0.507 e. The first kappa shape index (κ1) is 22.2. The lowest BCUT2D eigenvalue weighted by atomic mass is 9.88. The number of rotatable bonds is 5. The molecule has 0 amide bonds. The lowest BCUT2D eigenvalue weighted by molar-refractivity contribution is 0.477. The average Bonchev–Trinajstić information content (AvgIpc) is 3.38. The van der Waals surface area contributed by atoms with Gasteiger partial charge in [-0.25, -0.2) is 4.98 Å². The molecule has 0 bridgehead atoms. The smallest absolute Gasteiger partial charge is 0.128 e. The Morgan fingerprint density at radius 1 is 0.694 bits per heavy atom. The molecule has 0 saturated carbocycles. The van der Waals surface area contributed by atoms with E-state index in [0.717, 1.165) is 43.2 Å². The zero-order valence-electron chi connectivity index (χ0n) is 19.8. The summed E-state index contributed by atoms with van der Waals surface area (Å²) in [6.07, 6.45) is 1.84. The number of nitrogens with zero attached hydrogens (tertiary/aromatic N) is 2. The van der Waals surface area contributed by atoms with Gasteiger partial charge in [0.25, 0.3) is 0 Å². The highest BCUT2D eigenvalue weighted by molar-refractivity contribution is 7.21. The summed E-state index contributed by atoms with van der Waals surface area (Å²) in [5.41, 5.74) is 8.41. The maximum absolute atomic E-state index is 10.4. The molecule has 36 heavy (non-hydrogen) atoms. The molecule has 1 atom stereocenters. The molecule has 4 heteroatoms. The Hall–Kier alpha value is -4.28. The summed E-state index contributed by atoms with van der Waals surface area (Å²) in [6, 6.07) is 37.0. The molecular formula is C32H24N2OS. The number of thiazole rings is 1. The third-order valence-corrected chi connectivity index (χ3v) is 7.63. The van der Waals surface area contributed by atoms with Crippen LogP contribution in [0.4, 0.5) is 0 Å². The van der Waals surface area contributed by atoms with Gasteiger partial charge in [-0.05, 0) is 59.2 Å². The van der Waals surface area contributed by atoms with Crippen LogP contribution in [0.15, 0.2) is 115 Å². The van der Waals surface area contributed by atoms with Crippen molar-refractivity contribution in [1.29, 1.82) is 0 Å². The van der Waals surface area contributed by atoms with Crippen LogP contribution in [0.1, 0.15) is 24.0 Å². The van der Waals surface area contributed by atoms with Crippen LogP contribution in [0.5, 0.6) is 5.75 Å². The van der Waals surface area contributed by atoms with E-state index in [2.05, 4.69) is 84.7 Å². The van der Waals surface area contributed by atoms with E-state index in [0.29, 0.717) is 0 Å². The number of benzene rings is 4. The molecule has 6 rings (SSSR count). The van der Waals surface area contributed by atoms with Crippen LogP contribution in [0.2, 0.25) is 0 Å². The minimum Gasteiger partial charge on any atom is -0.507 e. The lowest BCUT2D eigenvalue weighted by Gasteiger charge is -2.16. The third kappa shape index (κ3) is 4.16. The number of aromatic nitrogens is 2. The van der Waals surface area contributed by atoms with Crippen LogP contribution in [0.3, 0.4) is 0 Å². The minimum atomic E-state index is 0.222. The first-order valence-electron chi connectivity index (χ1n) is 12.0. The van der Waals surface area contributed by atoms with Gasteiger partial charge in [0, 0.05) is 23.2 Å². The molecule has 1 N–H and O–H groups in total. The highest BCUT2D eigenvalue weighted by Crippen LogP contribution is 2.40. The fourth-order valence-electron chi connectivity index (χ4n) is 4.62. The topological polar surface area (TPSA) is 46.0 Å². The number of phenols is 1. The molecule has 0 radical (unpaired) electrons. The predicted octanol–water partition coefficient (Wildman–Crippen LogP) is 8.55. The van der Waals surface area contributed by atoms with Crippen molar-refractivity contribution in [1.82, 2.24) is 9.97 Å². The second-order valence-corrected chi connectivity index (χ2v) is 9.91. The summed E-state index contributed by atoms with van der Waals surface area (Å²) in [6.45, 7) is 2.25. The molecule has 0 aliphatic heterocycles. The number of hydrogen-bond acceptors (Lipinski definition) is 4. The molecule has 0 aliphatic rings. The summed E-state index contributed by atoms with van der Waals surface area (Å²) >= 11 is 1.60. The van der Waals surface area contributed by atoms with Crippen LogP contribution in [-0.4, -0.2) is 15.1 Å². The Balaban J connectivity index is 1.54. The molecule has 4 aromatic carbocycles. The number of pyridine rings is 1. The van der Waals surface area contributed by atoms with Gasteiger partial charge in [0.05, 0.1) is 21.5 Å². The quantitative estimate of drug-likeness (QED) is 0.267. The van der Waals surface area contributed by atoms with Gasteiger partial charge < -0.3 is 5.11 Å². The Bertz CT molecular complexity index is 1660. The van der Waals surface area contributed by atoms with Gasteiger partial charge >= 0.3 is 0 Å². The molecule has 0 spiro atoms. The van der Waals surface area contributed by atoms with E-state index in [1.165, 1.54) is 11.1 Å². The van der Waals surface area contributed by atoms with Crippen molar-refractivity contribution < 1.29 is 5.11 Å². The van der Waals surface area contributed by atoms with Gasteiger partial charge in [-0.3, -0.25) is 4.98 Å². The molecule has 3 nitrogen and oxygen atoms in total. The van der Waals surface area contributed by atoms with Crippen molar-refractivity contribution in [2.75, 3.05) is 0 Å². The van der Waals surface area contributed by atoms with E-state index < -0.39 is 0 Å². The van der Waals surface area contributed by atoms with Gasteiger partial charge in [0.2, 0.25) is 0 Å². The first-order chi connectivity index (χ1) is 17.7. The fourth-order valence-corrected chi connectivity index (χ4v) is 5.65. The van der Waals surface area contributed by atoms with E-state index in [4.69, 9.17) is 4.98 Å². The summed E-state index contributed by atoms with van der Waals surface area (Å²) < 4.78 is 1.09. The second kappa shape index (κ2) is 9.40. The van der Waals surface area contributed by atoms with E-state index in [-0.39, 0.29) is 11.7 Å². The zero-order valence-corrected chi connectivity index (χ0v) is 20.6. The number of phenolic OH excluding ortho intramolecular Hbond substituents is 1. The van der Waals surface area contributed by atoms with Crippen molar-refractivity contribution in [3.05, 3.63) is 127 Å². The third-order valence-electron chi connectivity index (χ3n) is 6.58. The van der Waals surface area contributed by atoms with Crippen LogP contribution >= 0.6 is 11.3 Å². The first-order valence-corrected chi connectivity index (χ1v) is 12.8. The number of aromatic hydroxyl groups is 1. The van der Waals surface area contributed by atoms with E-state index in [9.17, 15) is 5.11 Å². The Morgan fingerprint density at radius 3 is 2.25 bits per heavy atom. The lowest BCUT2D eigenvalue weighted by Crippen LogP contribution is -1.98. The normalized spacial score (nSPS) is 12.0. The van der Waals surface area contributed by atoms with E-state index in [1.54, 1.807) is 17.4 Å². The summed E-state index contributed by atoms with van der Waals surface area (Å²) in [5, 5.41) is 11.2. The monoisotopic (exact) mass is 484 g/mol. The van der Waals surface area contributed by atoms with Gasteiger partial charge in [-0.2, -0.15) is 0 Å². The van der Waals surface area contributed by atoms with Gasteiger partial charge in [-0.15, -0.1) is 11.3 Å². The van der Waals surface area contributed by atoms with Crippen LogP contribution in [-0.2, 0) is 0 Å². The molecule has 1 unspecified atom stereocenters. The maximum Gasteiger partial charge on any atom is 0.128 e. The molecule has 2 heterocycles. The summed E-state index contributed by atoms with van der Waals surface area (Å²) in [4.78, 5) is 9.63. The SMILES string of the molecule is CC(c1ccccc1)c1cc(-c2ccccn2)cc(-c2cccc3sc(-c4ccccc4O)nc23)c1. The molecule has 2 aromatic heterocycles. The van der Waals surface area contributed by atoms with Crippen LogP contribution in [0.25, 0.3) is 43.2 Å². The Labute approximate surface area is 214 Å². The van der Waals surface area contributed by atoms with Gasteiger partial charge in [-0.1, -0.05) is 73.7 Å². The molecule has 174 valence electrons. The Kier molecular flexibility index (Phi) is 5.80. The van der Waals surface area contributed by atoms with Crippen molar-refractivity contribution in [3.8, 4) is 38.7 Å². The van der Waals surface area contributed by atoms with Crippen LogP contribution in [0, 0.1) is 0 Å². The highest BCUT2D eigenvalue weighted by atomic mass is 32.1. The standard InChI is InChI=1S/C32H24N2OS/c1-21(22-10-3-2-4-11-22)23-18-24(20-25(19-23)28-14-7-8-17-33-28)26-13-9-16-30-31(26)34-32(36-30)27-12-5-6-15-29(27)35/h2-21,35H,1H3. The molecule has 0 fully saturated rings. The van der Waals surface area contributed by atoms with Crippen molar-refractivity contribution >= 4 is 21.6 Å². The van der Waals surface area contributed by atoms with Crippen LogP contribution < -0.4 is 0 Å². The van der Waals surface area contributed by atoms with E-state index in [1.807, 2.05) is 36.5 Å².